The number of anilines is 1. The molecule has 1 fully saturated rings. The molecule has 0 bridgehead atoms. The molecule has 0 radical (unpaired) electrons. The van der Waals surface area contributed by atoms with E-state index in [-0.39, 0.29) is 12.2 Å². The molecule has 0 aliphatic carbocycles. The molecule has 7 heteroatoms. The Kier molecular flexibility index (Phi) is 3.89. The van der Waals surface area contributed by atoms with Crippen LogP contribution in [0.2, 0.25) is 0 Å². The van der Waals surface area contributed by atoms with Crippen molar-refractivity contribution >= 4 is 22.8 Å². The summed E-state index contributed by atoms with van der Waals surface area (Å²) in [5.41, 5.74) is 7.63. The van der Waals surface area contributed by atoms with Crippen LogP contribution in [0.1, 0.15) is 32.7 Å². The number of morpholine rings is 1. The van der Waals surface area contributed by atoms with Crippen LogP contribution in [0.25, 0.3) is 11.0 Å². The van der Waals surface area contributed by atoms with E-state index >= 15 is 0 Å². The molecule has 1 unspecified atom stereocenters. The molecule has 1 amide bonds. The molecule has 3 N–H and O–H groups in total. The quantitative estimate of drug-likeness (QED) is 0.788. The minimum atomic E-state index is -0.512. The van der Waals surface area contributed by atoms with Crippen molar-refractivity contribution in [1.29, 1.82) is 0 Å². The van der Waals surface area contributed by atoms with Gasteiger partial charge < -0.3 is 25.1 Å². The number of nitrogens with two attached hydrogens (primary N) is 1. The van der Waals surface area contributed by atoms with Gasteiger partial charge in [0.15, 0.2) is 0 Å². The second-order valence-electron chi connectivity index (χ2n) is 6.68. The third kappa shape index (κ3) is 3.56. The molecule has 1 aliphatic heterocycles. The summed E-state index contributed by atoms with van der Waals surface area (Å²) in [6, 6.07) is 5.50. The fourth-order valence-corrected chi connectivity index (χ4v) is 2.51. The van der Waals surface area contributed by atoms with Crippen LogP contribution in [0.5, 0.6) is 0 Å². The highest BCUT2D eigenvalue weighted by Gasteiger charge is 2.30. The highest BCUT2D eigenvalue weighted by Crippen LogP contribution is 2.24. The molecule has 3 rings (SSSR count). The summed E-state index contributed by atoms with van der Waals surface area (Å²) in [6.45, 7) is 6.93. The first-order valence-electron chi connectivity index (χ1n) is 7.66. The first-order valence-corrected chi connectivity index (χ1v) is 7.66. The minimum absolute atomic E-state index is 0.301. The Labute approximate surface area is 134 Å². The number of carbonyl (C=O) groups is 1. The molecule has 0 saturated carbocycles. The van der Waals surface area contributed by atoms with Gasteiger partial charge in [-0.2, -0.15) is 0 Å². The van der Waals surface area contributed by atoms with E-state index in [2.05, 4.69) is 9.97 Å². The molecule has 2 heterocycles. The summed E-state index contributed by atoms with van der Waals surface area (Å²) in [5, 5.41) is 0. The number of fused-ring (bicyclic) bond motifs is 1. The van der Waals surface area contributed by atoms with E-state index in [4.69, 9.17) is 15.2 Å². The van der Waals surface area contributed by atoms with Crippen LogP contribution in [0.15, 0.2) is 18.2 Å². The van der Waals surface area contributed by atoms with E-state index in [1.54, 1.807) is 4.90 Å². The van der Waals surface area contributed by atoms with Crippen LogP contribution < -0.4 is 5.73 Å². The largest absolute Gasteiger partial charge is 0.444 e. The normalized spacial score (nSPS) is 19.1. The Balaban J connectivity index is 1.75. The molecule has 7 nitrogen and oxygen atoms in total. The fraction of sp³-hybridized carbons (Fsp3) is 0.500. The third-order valence-electron chi connectivity index (χ3n) is 3.55. The van der Waals surface area contributed by atoms with Crippen molar-refractivity contribution in [3.63, 3.8) is 0 Å². The van der Waals surface area contributed by atoms with Crippen molar-refractivity contribution in [1.82, 2.24) is 14.9 Å². The maximum Gasteiger partial charge on any atom is 0.410 e. The SMILES string of the molecule is CC(C)(C)OC(=O)N1CCOC(c2nc3ccc(N)cc3[nH]2)C1. The number of nitrogens with zero attached hydrogens (tertiary/aromatic N) is 2. The number of hydrogen-bond donors (Lipinski definition) is 2. The summed E-state index contributed by atoms with van der Waals surface area (Å²) >= 11 is 0. The summed E-state index contributed by atoms with van der Waals surface area (Å²) < 4.78 is 11.2. The maximum atomic E-state index is 12.2. The summed E-state index contributed by atoms with van der Waals surface area (Å²) in [4.78, 5) is 21.6. The van der Waals surface area contributed by atoms with Crippen molar-refractivity contribution in [2.45, 2.75) is 32.5 Å². The first-order chi connectivity index (χ1) is 10.8. The zero-order valence-corrected chi connectivity index (χ0v) is 13.6. The third-order valence-corrected chi connectivity index (χ3v) is 3.55. The Bertz CT molecular complexity index is 720. The lowest BCUT2D eigenvalue weighted by Gasteiger charge is -2.33. The molecular formula is C16H22N4O3. The highest BCUT2D eigenvalue weighted by atomic mass is 16.6. The van der Waals surface area contributed by atoms with Gasteiger partial charge >= 0.3 is 6.09 Å². The van der Waals surface area contributed by atoms with E-state index in [0.29, 0.717) is 31.2 Å². The van der Waals surface area contributed by atoms with Crippen molar-refractivity contribution in [2.75, 3.05) is 25.4 Å². The van der Waals surface area contributed by atoms with Gasteiger partial charge in [0.05, 0.1) is 24.2 Å². The van der Waals surface area contributed by atoms with Gasteiger partial charge in [0.2, 0.25) is 0 Å². The smallest absolute Gasteiger partial charge is 0.410 e. The zero-order chi connectivity index (χ0) is 16.6. The first kappa shape index (κ1) is 15.6. The van der Waals surface area contributed by atoms with Crippen molar-refractivity contribution < 1.29 is 14.3 Å². The molecule has 23 heavy (non-hydrogen) atoms. The Morgan fingerprint density at radius 1 is 1.48 bits per heavy atom. The second kappa shape index (κ2) is 5.73. The number of imidazole rings is 1. The average Bonchev–Trinajstić information content (AvgIpc) is 2.88. The Morgan fingerprint density at radius 2 is 2.26 bits per heavy atom. The van der Waals surface area contributed by atoms with Gasteiger partial charge in [-0.3, -0.25) is 0 Å². The number of amides is 1. The van der Waals surface area contributed by atoms with E-state index in [1.165, 1.54) is 0 Å². The number of rotatable bonds is 1. The highest BCUT2D eigenvalue weighted by molar-refractivity contribution is 5.78. The number of nitrogens with one attached hydrogen (secondary N) is 1. The summed E-state index contributed by atoms with van der Waals surface area (Å²) in [5.74, 6) is 0.693. The Morgan fingerprint density at radius 3 is 3.00 bits per heavy atom. The van der Waals surface area contributed by atoms with Crippen LogP contribution >= 0.6 is 0 Å². The number of H-pyrrole nitrogens is 1. The molecule has 1 saturated heterocycles. The van der Waals surface area contributed by atoms with Crippen LogP contribution in [0.4, 0.5) is 10.5 Å². The molecule has 1 aromatic carbocycles. The molecular weight excluding hydrogens is 296 g/mol. The molecule has 1 aliphatic rings. The molecule has 124 valence electrons. The number of aromatic amines is 1. The maximum absolute atomic E-state index is 12.2. The molecule has 1 aromatic heterocycles. The minimum Gasteiger partial charge on any atom is -0.444 e. The topological polar surface area (TPSA) is 93.5 Å². The van der Waals surface area contributed by atoms with Crippen LogP contribution in [-0.4, -0.2) is 46.3 Å². The van der Waals surface area contributed by atoms with E-state index in [1.807, 2.05) is 39.0 Å². The summed E-state index contributed by atoms with van der Waals surface area (Å²) in [7, 11) is 0. The number of benzene rings is 1. The lowest BCUT2D eigenvalue weighted by Crippen LogP contribution is -2.44. The second-order valence-corrected chi connectivity index (χ2v) is 6.68. The van der Waals surface area contributed by atoms with Crippen molar-refractivity contribution in [3.8, 4) is 0 Å². The van der Waals surface area contributed by atoms with Gasteiger partial charge in [-0.05, 0) is 39.0 Å². The zero-order valence-electron chi connectivity index (χ0n) is 13.6. The molecule has 2 aromatic rings. The van der Waals surface area contributed by atoms with Gasteiger partial charge in [-0.1, -0.05) is 0 Å². The fourth-order valence-electron chi connectivity index (χ4n) is 2.51. The van der Waals surface area contributed by atoms with Crippen LogP contribution in [0.3, 0.4) is 0 Å². The standard InChI is InChI=1S/C16H22N4O3/c1-16(2,3)23-15(21)20-6-7-22-13(9-20)14-18-11-5-4-10(17)8-12(11)19-14/h4-5,8,13H,6-7,9,17H2,1-3H3,(H,18,19). The van der Waals surface area contributed by atoms with E-state index in [9.17, 15) is 4.79 Å². The van der Waals surface area contributed by atoms with Crippen molar-refractivity contribution in [3.05, 3.63) is 24.0 Å². The molecule has 1 atom stereocenters. The number of aromatic nitrogens is 2. The van der Waals surface area contributed by atoms with Gasteiger partial charge in [0, 0.05) is 12.2 Å². The molecule has 0 spiro atoms. The van der Waals surface area contributed by atoms with Crippen molar-refractivity contribution in [2.24, 2.45) is 0 Å². The number of nitrogen functional groups attached to an aromatic ring is 1. The number of carbonyl (C=O) groups excluding carboxylic acids is 1. The Hall–Kier alpha value is -2.28. The monoisotopic (exact) mass is 318 g/mol. The van der Waals surface area contributed by atoms with Gasteiger partial charge in [-0.15, -0.1) is 0 Å². The van der Waals surface area contributed by atoms with Gasteiger partial charge in [0.25, 0.3) is 0 Å². The van der Waals surface area contributed by atoms with Crippen LogP contribution in [-0.2, 0) is 9.47 Å². The lowest BCUT2D eigenvalue weighted by molar-refractivity contribution is -0.0458. The van der Waals surface area contributed by atoms with Gasteiger partial charge in [0.1, 0.15) is 17.5 Å². The number of hydrogen-bond acceptors (Lipinski definition) is 5. The van der Waals surface area contributed by atoms with E-state index < -0.39 is 5.60 Å². The lowest BCUT2D eigenvalue weighted by atomic mass is 10.2. The predicted octanol–water partition coefficient (Wildman–Crippen LogP) is 2.45. The number of ether oxygens (including phenoxy) is 2. The van der Waals surface area contributed by atoms with Crippen LogP contribution in [0, 0.1) is 0 Å². The average molecular weight is 318 g/mol. The van der Waals surface area contributed by atoms with Gasteiger partial charge in [-0.25, -0.2) is 9.78 Å². The van der Waals surface area contributed by atoms with E-state index in [0.717, 1.165) is 11.0 Å². The predicted molar refractivity (Wildman–Crippen MR) is 87.0 cm³/mol. The summed E-state index contributed by atoms with van der Waals surface area (Å²) in [6.07, 6.45) is -0.629.